The number of amides is 1. The van der Waals surface area contributed by atoms with Gasteiger partial charge in [-0.15, -0.1) is 0 Å². The molecule has 2 aliphatic rings. The Kier molecular flexibility index (Phi) is 4.26. The van der Waals surface area contributed by atoms with Crippen LogP contribution in [-0.2, 0) is 4.74 Å². The Morgan fingerprint density at radius 3 is 3.00 bits per heavy atom. The first-order valence-electron chi connectivity index (χ1n) is 7.42. The smallest absolute Gasteiger partial charge is 0.251 e. The molecule has 0 aliphatic carbocycles. The molecule has 21 heavy (non-hydrogen) atoms. The summed E-state index contributed by atoms with van der Waals surface area (Å²) < 4.78 is 5.65. The summed E-state index contributed by atoms with van der Waals surface area (Å²) in [4.78, 5) is 14.4. The summed E-state index contributed by atoms with van der Waals surface area (Å²) in [6, 6.07) is 5.69. The molecular formula is C15H22N4O2. The Bertz CT molecular complexity index is 520. The van der Waals surface area contributed by atoms with Crippen LogP contribution in [0.5, 0.6) is 0 Å². The highest BCUT2D eigenvalue weighted by atomic mass is 16.5. The molecule has 6 nitrogen and oxygen atoms in total. The molecule has 0 spiro atoms. The number of carbonyl (C=O) groups excluding carboxylic acids is 1. The molecule has 1 atom stereocenters. The molecule has 0 aromatic heterocycles. The van der Waals surface area contributed by atoms with Crippen LogP contribution in [0.25, 0.3) is 0 Å². The van der Waals surface area contributed by atoms with Gasteiger partial charge in [0.2, 0.25) is 0 Å². The summed E-state index contributed by atoms with van der Waals surface area (Å²) in [5.41, 5.74) is 2.71. The summed E-state index contributed by atoms with van der Waals surface area (Å²) in [5, 5.41) is 9.55. The van der Waals surface area contributed by atoms with Gasteiger partial charge in [-0.05, 0) is 25.2 Å². The van der Waals surface area contributed by atoms with Crippen LogP contribution < -0.4 is 16.0 Å². The van der Waals surface area contributed by atoms with Crippen molar-refractivity contribution in [1.29, 1.82) is 0 Å². The first-order valence-corrected chi connectivity index (χ1v) is 7.42. The highest BCUT2D eigenvalue weighted by molar-refractivity contribution is 5.96. The quantitative estimate of drug-likeness (QED) is 0.760. The number of hydrogen-bond acceptors (Lipinski definition) is 5. The second kappa shape index (κ2) is 6.32. The lowest BCUT2D eigenvalue weighted by Gasteiger charge is -2.30. The second-order valence-corrected chi connectivity index (χ2v) is 5.58. The van der Waals surface area contributed by atoms with Crippen LogP contribution >= 0.6 is 0 Å². The van der Waals surface area contributed by atoms with Gasteiger partial charge in [-0.3, -0.25) is 4.79 Å². The van der Waals surface area contributed by atoms with E-state index < -0.39 is 0 Å². The van der Waals surface area contributed by atoms with Crippen molar-refractivity contribution in [2.24, 2.45) is 0 Å². The molecular weight excluding hydrogens is 268 g/mol. The van der Waals surface area contributed by atoms with E-state index in [1.165, 1.54) is 0 Å². The average Bonchev–Trinajstić information content (AvgIpc) is 2.52. The van der Waals surface area contributed by atoms with Gasteiger partial charge in [0.05, 0.1) is 24.1 Å². The molecule has 0 bridgehead atoms. The predicted molar refractivity (Wildman–Crippen MR) is 83.0 cm³/mol. The topological polar surface area (TPSA) is 65.6 Å². The lowest BCUT2D eigenvalue weighted by atomic mass is 10.1. The number of carbonyl (C=O) groups is 1. The van der Waals surface area contributed by atoms with Gasteiger partial charge in [-0.1, -0.05) is 0 Å². The molecule has 2 heterocycles. The summed E-state index contributed by atoms with van der Waals surface area (Å²) in [6.45, 7) is 4.87. The Balaban J connectivity index is 1.57. The van der Waals surface area contributed by atoms with Gasteiger partial charge in [0.25, 0.3) is 5.91 Å². The minimum Gasteiger partial charge on any atom is -0.382 e. The van der Waals surface area contributed by atoms with Crippen molar-refractivity contribution in [3.05, 3.63) is 23.8 Å². The molecule has 1 aromatic rings. The van der Waals surface area contributed by atoms with E-state index in [1.807, 2.05) is 18.2 Å². The van der Waals surface area contributed by atoms with Gasteiger partial charge in [-0.2, -0.15) is 0 Å². The number of morpholine rings is 1. The number of ether oxygens (including phenoxy) is 1. The van der Waals surface area contributed by atoms with Crippen molar-refractivity contribution in [1.82, 2.24) is 10.2 Å². The zero-order valence-electron chi connectivity index (χ0n) is 12.3. The van der Waals surface area contributed by atoms with Crippen LogP contribution in [0.15, 0.2) is 18.2 Å². The Labute approximate surface area is 124 Å². The van der Waals surface area contributed by atoms with E-state index >= 15 is 0 Å². The molecule has 1 unspecified atom stereocenters. The predicted octanol–water partition coefficient (Wildman–Crippen LogP) is 0.584. The number of hydrogen-bond donors (Lipinski definition) is 3. The molecule has 6 heteroatoms. The number of likely N-dealkylation sites (N-methyl/N-ethyl adjacent to an activating group) is 1. The maximum Gasteiger partial charge on any atom is 0.251 e. The molecule has 2 aliphatic heterocycles. The molecule has 1 saturated heterocycles. The van der Waals surface area contributed by atoms with Crippen LogP contribution in [0.1, 0.15) is 10.4 Å². The first-order chi connectivity index (χ1) is 10.2. The van der Waals surface area contributed by atoms with Crippen LogP contribution in [0.2, 0.25) is 0 Å². The number of benzene rings is 1. The van der Waals surface area contributed by atoms with E-state index in [9.17, 15) is 4.79 Å². The van der Waals surface area contributed by atoms with Crippen LogP contribution in [0.4, 0.5) is 11.4 Å². The summed E-state index contributed by atoms with van der Waals surface area (Å²) in [5.74, 6) is -0.0537. The van der Waals surface area contributed by atoms with Crippen molar-refractivity contribution < 1.29 is 9.53 Å². The SMILES string of the molecule is CN1CCOC(CNC(=O)c2ccc3c(c2)NCCN3)C1. The fourth-order valence-corrected chi connectivity index (χ4v) is 2.68. The highest BCUT2D eigenvalue weighted by Crippen LogP contribution is 2.25. The van der Waals surface area contributed by atoms with Crippen molar-refractivity contribution in [2.45, 2.75) is 6.10 Å². The molecule has 1 aromatic carbocycles. The third kappa shape index (κ3) is 3.46. The summed E-state index contributed by atoms with van der Waals surface area (Å²) in [6.07, 6.45) is 0.0742. The van der Waals surface area contributed by atoms with Crippen molar-refractivity contribution in [2.75, 3.05) is 57.0 Å². The van der Waals surface area contributed by atoms with E-state index in [-0.39, 0.29) is 12.0 Å². The zero-order chi connectivity index (χ0) is 14.7. The standard InChI is InChI=1S/C15H22N4O2/c1-19-6-7-21-12(10-19)9-18-15(20)11-2-3-13-14(8-11)17-5-4-16-13/h2-3,8,12,16-17H,4-7,9-10H2,1H3,(H,18,20). The second-order valence-electron chi connectivity index (χ2n) is 5.58. The lowest BCUT2D eigenvalue weighted by Crippen LogP contribution is -2.45. The highest BCUT2D eigenvalue weighted by Gasteiger charge is 2.19. The van der Waals surface area contributed by atoms with Crippen molar-refractivity contribution in [3.8, 4) is 0 Å². The fraction of sp³-hybridized carbons (Fsp3) is 0.533. The average molecular weight is 290 g/mol. The van der Waals surface area contributed by atoms with Gasteiger partial charge >= 0.3 is 0 Å². The minimum absolute atomic E-state index is 0.0537. The van der Waals surface area contributed by atoms with Crippen molar-refractivity contribution >= 4 is 17.3 Å². The monoisotopic (exact) mass is 290 g/mol. The fourth-order valence-electron chi connectivity index (χ4n) is 2.68. The molecule has 0 radical (unpaired) electrons. The van der Waals surface area contributed by atoms with Gasteiger partial charge in [0.15, 0.2) is 0 Å². The molecule has 114 valence electrons. The molecule has 3 rings (SSSR count). The molecule has 1 fully saturated rings. The Hall–Kier alpha value is -1.79. The number of rotatable bonds is 3. The molecule has 3 N–H and O–H groups in total. The van der Waals surface area contributed by atoms with Gasteiger partial charge in [-0.25, -0.2) is 0 Å². The summed E-state index contributed by atoms with van der Waals surface area (Å²) >= 11 is 0. The van der Waals surface area contributed by atoms with Crippen LogP contribution in [0, 0.1) is 0 Å². The number of nitrogens with one attached hydrogen (secondary N) is 3. The van der Waals surface area contributed by atoms with Gasteiger partial charge < -0.3 is 25.6 Å². The van der Waals surface area contributed by atoms with E-state index in [0.29, 0.717) is 12.1 Å². The van der Waals surface area contributed by atoms with E-state index in [0.717, 1.165) is 44.2 Å². The van der Waals surface area contributed by atoms with E-state index in [1.54, 1.807) is 0 Å². The number of fused-ring (bicyclic) bond motifs is 1. The summed E-state index contributed by atoms with van der Waals surface area (Å²) in [7, 11) is 2.07. The van der Waals surface area contributed by atoms with E-state index in [4.69, 9.17) is 4.74 Å². The minimum atomic E-state index is -0.0537. The molecule has 0 saturated carbocycles. The number of anilines is 2. The largest absolute Gasteiger partial charge is 0.382 e. The zero-order valence-corrected chi connectivity index (χ0v) is 12.3. The lowest BCUT2D eigenvalue weighted by molar-refractivity contribution is -0.0175. The Morgan fingerprint density at radius 1 is 1.38 bits per heavy atom. The third-order valence-corrected chi connectivity index (χ3v) is 3.87. The first kappa shape index (κ1) is 14.2. The van der Waals surface area contributed by atoms with Crippen LogP contribution in [0.3, 0.4) is 0 Å². The van der Waals surface area contributed by atoms with Crippen LogP contribution in [-0.4, -0.2) is 63.3 Å². The van der Waals surface area contributed by atoms with Crippen molar-refractivity contribution in [3.63, 3.8) is 0 Å². The van der Waals surface area contributed by atoms with Gasteiger partial charge in [0, 0.05) is 38.3 Å². The number of nitrogens with zero attached hydrogens (tertiary/aromatic N) is 1. The van der Waals surface area contributed by atoms with E-state index in [2.05, 4.69) is 27.9 Å². The Morgan fingerprint density at radius 2 is 2.19 bits per heavy atom. The maximum atomic E-state index is 12.2. The third-order valence-electron chi connectivity index (χ3n) is 3.87. The maximum absolute atomic E-state index is 12.2. The molecule has 1 amide bonds. The van der Waals surface area contributed by atoms with Gasteiger partial charge in [0.1, 0.15) is 0 Å². The normalized spacial score (nSPS) is 21.9.